The standard InChI is InChI=1S/C21H29N3/c1-2-6-21(24-15-13-22-14-16-24)19-9-11-20(12-10-19)23-17-18-7-4-3-5-8-18/h3-5,7-12,21-23H,2,6,13-17H2,1H3/t21-/m0/s1. The quantitative estimate of drug-likeness (QED) is 0.805. The lowest BCUT2D eigenvalue weighted by molar-refractivity contribution is 0.164. The highest BCUT2D eigenvalue weighted by molar-refractivity contribution is 5.45. The van der Waals surface area contributed by atoms with E-state index in [1.807, 2.05) is 0 Å². The van der Waals surface area contributed by atoms with E-state index < -0.39 is 0 Å². The van der Waals surface area contributed by atoms with Gasteiger partial charge in [-0.05, 0) is 29.7 Å². The molecule has 3 nitrogen and oxygen atoms in total. The number of nitrogens with one attached hydrogen (secondary N) is 2. The predicted octanol–water partition coefficient (Wildman–Crippen LogP) is 4.05. The Labute approximate surface area is 146 Å². The summed E-state index contributed by atoms with van der Waals surface area (Å²) in [6.07, 6.45) is 2.46. The van der Waals surface area contributed by atoms with E-state index in [0.717, 1.165) is 32.7 Å². The molecule has 1 heterocycles. The summed E-state index contributed by atoms with van der Waals surface area (Å²) >= 11 is 0. The van der Waals surface area contributed by atoms with Gasteiger partial charge >= 0.3 is 0 Å². The van der Waals surface area contributed by atoms with Gasteiger partial charge in [-0.2, -0.15) is 0 Å². The zero-order valence-electron chi connectivity index (χ0n) is 14.7. The highest BCUT2D eigenvalue weighted by Gasteiger charge is 2.21. The molecule has 3 rings (SSSR count). The van der Waals surface area contributed by atoms with Gasteiger partial charge in [0.1, 0.15) is 0 Å². The second kappa shape index (κ2) is 8.86. The van der Waals surface area contributed by atoms with Crippen molar-refractivity contribution in [2.75, 3.05) is 31.5 Å². The number of anilines is 1. The first-order valence-corrected chi connectivity index (χ1v) is 9.19. The minimum atomic E-state index is 0.556. The Morgan fingerprint density at radius 3 is 2.38 bits per heavy atom. The average molecular weight is 323 g/mol. The van der Waals surface area contributed by atoms with Gasteiger partial charge in [-0.15, -0.1) is 0 Å². The lowest BCUT2D eigenvalue weighted by atomic mass is 9.99. The molecule has 1 fully saturated rings. The molecule has 1 aliphatic heterocycles. The van der Waals surface area contributed by atoms with Crippen LogP contribution >= 0.6 is 0 Å². The van der Waals surface area contributed by atoms with Crippen molar-refractivity contribution in [1.82, 2.24) is 10.2 Å². The van der Waals surface area contributed by atoms with Crippen LogP contribution in [0.15, 0.2) is 54.6 Å². The maximum atomic E-state index is 3.52. The largest absolute Gasteiger partial charge is 0.381 e. The summed E-state index contributed by atoms with van der Waals surface area (Å²) in [7, 11) is 0. The molecular weight excluding hydrogens is 294 g/mol. The van der Waals surface area contributed by atoms with Gasteiger partial charge in [0, 0.05) is 44.5 Å². The van der Waals surface area contributed by atoms with Gasteiger partial charge < -0.3 is 10.6 Å². The Balaban J connectivity index is 1.63. The number of nitrogens with zero attached hydrogens (tertiary/aromatic N) is 1. The Kier molecular flexibility index (Phi) is 6.27. The number of hydrogen-bond donors (Lipinski definition) is 2. The third-order valence-corrected chi connectivity index (χ3v) is 4.79. The van der Waals surface area contributed by atoms with Crippen molar-refractivity contribution in [2.45, 2.75) is 32.4 Å². The number of piperazine rings is 1. The first-order chi connectivity index (χ1) is 11.9. The highest BCUT2D eigenvalue weighted by atomic mass is 15.2. The Bertz CT molecular complexity index is 588. The summed E-state index contributed by atoms with van der Waals surface area (Å²) in [6.45, 7) is 7.67. The molecule has 0 spiro atoms. The van der Waals surface area contributed by atoms with Gasteiger partial charge in [-0.3, -0.25) is 4.90 Å². The zero-order chi connectivity index (χ0) is 16.6. The summed E-state index contributed by atoms with van der Waals surface area (Å²) in [4.78, 5) is 2.63. The molecule has 3 heteroatoms. The summed E-state index contributed by atoms with van der Waals surface area (Å²) < 4.78 is 0. The monoisotopic (exact) mass is 323 g/mol. The number of hydrogen-bond acceptors (Lipinski definition) is 3. The van der Waals surface area contributed by atoms with E-state index in [0.29, 0.717) is 6.04 Å². The Hall–Kier alpha value is -1.84. The van der Waals surface area contributed by atoms with E-state index in [-0.39, 0.29) is 0 Å². The Morgan fingerprint density at radius 1 is 1.00 bits per heavy atom. The molecule has 128 valence electrons. The van der Waals surface area contributed by atoms with Crippen molar-refractivity contribution < 1.29 is 0 Å². The third kappa shape index (κ3) is 4.59. The normalized spacial score (nSPS) is 16.7. The molecule has 0 aromatic heterocycles. The van der Waals surface area contributed by atoms with Crippen LogP contribution in [0.3, 0.4) is 0 Å². The van der Waals surface area contributed by atoms with Crippen LogP contribution in [0.1, 0.15) is 36.9 Å². The van der Waals surface area contributed by atoms with Crippen molar-refractivity contribution in [3.8, 4) is 0 Å². The van der Waals surface area contributed by atoms with Gasteiger partial charge in [0.2, 0.25) is 0 Å². The van der Waals surface area contributed by atoms with Crippen LogP contribution < -0.4 is 10.6 Å². The fourth-order valence-electron chi connectivity index (χ4n) is 3.45. The summed E-state index contributed by atoms with van der Waals surface area (Å²) in [5, 5.41) is 6.97. The summed E-state index contributed by atoms with van der Waals surface area (Å²) in [5.41, 5.74) is 3.95. The van der Waals surface area contributed by atoms with Crippen LogP contribution in [0.4, 0.5) is 5.69 Å². The summed E-state index contributed by atoms with van der Waals surface area (Å²) in [5.74, 6) is 0. The number of benzene rings is 2. The van der Waals surface area contributed by atoms with Crippen LogP contribution in [-0.2, 0) is 6.54 Å². The fourth-order valence-corrected chi connectivity index (χ4v) is 3.45. The van der Waals surface area contributed by atoms with Crippen LogP contribution in [0.2, 0.25) is 0 Å². The molecule has 0 saturated carbocycles. The lowest BCUT2D eigenvalue weighted by Crippen LogP contribution is -2.45. The van der Waals surface area contributed by atoms with Crippen molar-refractivity contribution >= 4 is 5.69 Å². The second-order valence-electron chi connectivity index (χ2n) is 6.55. The molecule has 2 aromatic rings. The first-order valence-electron chi connectivity index (χ1n) is 9.19. The molecule has 0 aliphatic carbocycles. The zero-order valence-corrected chi connectivity index (χ0v) is 14.7. The van der Waals surface area contributed by atoms with Crippen LogP contribution in [-0.4, -0.2) is 31.1 Å². The van der Waals surface area contributed by atoms with E-state index in [4.69, 9.17) is 0 Å². The molecule has 2 aromatic carbocycles. The average Bonchev–Trinajstić information content (AvgIpc) is 2.66. The van der Waals surface area contributed by atoms with E-state index in [1.54, 1.807) is 0 Å². The maximum absolute atomic E-state index is 3.52. The minimum absolute atomic E-state index is 0.556. The van der Waals surface area contributed by atoms with Crippen molar-refractivity contribution in [3.63, 3.8) is 0 Å². The molecule has 0 unspecified atom stereocenters. The molecular formula is C21H29N3. The Morgan fingerprint density at radius 2 is 1.71 bits per heavy atom. The van der Waals surface area contributed by atoms with E-state index in [2.05, 4.69) is 77.1 Å². The van der Waals surface area contributed by atoms with Gasteiger partial charge in [0.05, 0.1) is 0 Å². The SMILES string of the molecule is CCC[C@@H](c1ccc(NCc2ccccc2)cc1)N1CCNCC1. The molecule has 0 amide bonds. The van der Waals surface area contributed by atoms with Gasteiger partial charge in [0.25, 0.3) is 0 Å². The molecule has 1 saturated heterocycles. The molecule has 2 N–H and O–H groups in total. The third-order valence-electron chi connectivity index (χ3n) is 4.79. The molecule has 0 radical (unpaired) electrons. The maximum Gasteiger partial charge on any atom is 0.0400 e. The summed E-state index contributed by atoms with van der Waals surface area (Å²) in [6, 6.07) is 20.2. The van der Waals surface area contributed by atoms with E-state index in [9.17, 15) is 0 Å². The van der Waals surface area contributed by atoms with E-state index >= 15 is 0 Å². The highest BCUT2D eigenvalue weighted by Crippen LogP contribution is 2.27. The van der Waals surface area contributed by atoms with Crippen LogP contribution in [0.5, 0.6) is 0 Å². The topological polar surface area (TPSA) is 27.3 Å². The smallest absolute Gasteiger partial charge is 0.0400 e. The lowest BCUT2D eigenvalue weighted by Gasteiger charge is -2.35. The van der Waals surface area contributed by atoms with Gasteiger partial charge in [-0.1, -0.05) is 55.8 Å². The first kappa shape index (κ1) is 17.0. The molecule has 1 aliphatic rings. The molecule has 0 bridgehead atoms. The van der Waals surface area contributed by atoms with Gasteiger partial charge in [-0.25, -0.2) is 0 Å². The predicted molar refractivity (Wildman–Crippen MR) is 102 cm³/mol. The van der Waals surface area contributed by atoms with Crippen LogP contribution in [0.25, 0.3) is 0 Å². The van der Waals surface area contributed by atoms with Crippen molar-refractivity contribution in [3.05, 3.63) is 65.7 Å². The molecule has 24 heavy (non-hydrogen) atoms. The van der Waals surface area contributed by atoms with Crippen LogP contribution in [0, 0.1) is 0 Å². The van der Waals surface area contributed by atoms with Crippen molar-refractivity contribution in [2.24, 2.45) is 0 Å². The van der Waals surface area contributed by atoms with Gasteiger partial charge in [0.15, 0.2) is 0 Å². The fraction of sp³-hybridized carbons (Fsp3) is 0.429. The number of rotatable bonds is 7. The second-order valence-corrected chi connectivity index (χ2v) is 6.55. The van der Waals surface area contributed by atoms with Crippen molar-refractivity contribution in [1.29, 1.82) is 0 Å². The minimum Gasteiger partial charge on any atom is -0.381 e. The molecule has 1 atom stereocenters. The van der Waals surface area contributed by atoms with E-state index in [1.165, 1.54) is 29.7 Å².